The molecular weight excluding hydrogens is 290 g/mol. The summed E-state index contributed by atoms with van der Waals surface area (Å²) in [7, 11) is 0. The molecule has 1 aromatic carbocycles. The molecule has 0 bridgehead atoms. The highest BCUT2D eigenvalue weighted by Crippen LogP contribution is 2.24. The SMILES string of the molecule is Cc1[nH]c2ccccc2c1/C=C(\C#N)C(=O)NCC1CCCO1. The first-order chi connectivity index (χ1) is 11.2. The lowest BCUT2D eigenvalue weighted by molar-refractivity contribution is -0.117. The zero-order valence-electron chi connectivity index (χ0n) is 13.1. The number of nitrogens with zero attached hydrogens (tertiary/aromatic N) is 1. The van der Waals surface area contributed by atoms with Crippen molar-refractivity contribution in [3.05, 3.63) is 41.1 Å². The number of benzene rings is 1. The number of aromatic nitrogens is 1. The third kappa shape index (κ3) is 3.27. The van der Waals surface area contributed by atoms with E-state index in [1.165, 1.54) is 0 Å². The van der Waals surface area contributed by atoms with Gasteiger partial charge >= 0.3 is 0 Å². The number of amides is 1. The predicted molar refractivity (Wildman–Crippen MR) is 88.6 cm³/mol. The minimum atomic E-state index is -0.354. The van der Waals surface area contributed by atoms with Crippen LogP contribution in [0.4, 0.5) is 0 Å². The van der Waals surface area contributed by atoms with Crippen molar-refractivity contribution < 1.29 is 9.53 Å². The Morgan fingerprint density at radius 1 is 1.52 bits per heavy atom. The monoisotopic (exact) mass is 309 g/mol. The first-order valence-electron chi connectivity index (χ1n) is 7.78. The molecule has 23 heavy (non-hydrogen) atoms. The molecule has 1 saturated heterocycles. The molecule has 0 spiro atoms. The van der Waals surface area contributed by atoms with Crippen molar-refractivity contribution >= 4 is 22.9 Å². The second kappa shape index (κ2) is 6.67. The number of rotatable bonds is 4. The Balaban J connectivity index is 1.81. The summed E-state index contributed by atoms with van der Waals surface area (Å²) in [5.41, 5.74) is 2.92. The minimum absolute atomic E-state index is 0.0636. The summed E-state index contributed by atoms with van der Waals surface area (Å²) in [6, 6.07) is 9.84. The Hall–Kier alpha value is -2.58. The number of fused-ring (bicyclic) bond motifs is 1. The topological polar surface area (TPSA) is 77.9 Å². The summed E-state index contributed by atoms with van der Waals surface area (Å²) in [4.78, 5) is 15.5. The van der Waals surface area contributed by atoms with Crippen molar-refractivity contribution in [3.8, 4) is 6.07 Å². The van der Waals surface area contributed by atoms with Crippen LogP contribution in [0.25, 0.3) is 17.0 Å². The number of ether oxygens (including phenoxy) is 1. The number of hydrogen-bond acceptors (Lipinski definition) is 3. The number of aromatic amines is 1. The average Bonchev–Trinajstić information content (AvgIpc) is 3.18. The van der Waals surface area contributed by atoms with Crippen LogP contribution in [0.3, 0.4) is 0 Å². The van der Waals surface area contributed by atoms with Gasteiger partial charge in [0, 0.05) is 35.3 Å². The van der Waals surface area contributed by atoms with E-state index < -0.39 is 0 Å². The second-order valence-corrected chi connectivity index (χ2v) is 5.72. The Morgan fingerprint density at radius 3 is 3.09 bits per heavy atom. The summed E-state index contributed by atoms with van der Waals surface area (Å²) in [6.45, 7) is 3.13. The number of carbonyl (C=O) groups is 1. The molecule has 1 aliphatic heterocycles. The number of para-hydroxylation sites is 1. The van der Waals surface area contributed by atoms with Gasteiger partial charge in [0.2, 0.25) is 0 Å². The van der Waals surface area contributed by atoms with E-state index in [1.54, 1.807) is 6.08 Å². The highest BCUT2D eigenvalue weighted by Gasteiger charge is 2.18. The van der Waals surface area contributed by atoms with Crippen molar-refractivity contribution in [2.75, 3.05) is 13.2 Å². The molecule has 3 rings (SSSR count). The molecule has 0 saturated carbocycles. The third-order valence-corrected chi connectivity index (χ3v) is 4.11. The molecule has 2 heterocycles. The number of aryl methyl sites for hydroxylation is 1. The van der Waals surface area contributed by atoms with Gasteiger partial charge < -0.3 is 15.0 Å². The summed E-state index contributed by atoms with van der Waals surface area (Å²) in [5.74, 6) is -0.354. The Morgan fingerprint density at radius 2 is 2.35 bits per heavy atom. The van der Waals surface area contributed by atoms with Gasteiger partial charge in [0.05, 0.1) is 6.10 Å². The molecule has 118 valence electrons. The van der Waals surface area contributed by atoms with Gasteiger partial charge in [0.25, 0.3) is 5.91 Å². The molecule has 5 nitrogen and oxygen atoms in total. The van der Waals surface area contributed by atoms with E-state index in [4.69, 9.17) is 4.74 Å². The lowest BCUT2D eigenvalue weighted by Crippen LogP contribution is -2.32. The van der Waals surface area contributed by atoms with Gasteiger partial charge in [-0.15, -0.1) is 0 Å². The molecule has 5 heteroatoms. The number of hydrogen-bond donors (Lipinski definition) is 2. The molecule has 2 N–H and O–H groups in total. The molecular formula is C18H19N3O2. The number of nitrogens with one attached hydrogen (secondary N) is 2. The highest BCUT2D eigenvalue weighted by atomic mass is 16.5. The van der Waals surface area contributed by atoms with Crippen molar-refractivity contribution in [1.82, 2.24) is 10.3 Å². The van der Waals surface area contributed by atoms with Crippen molar-refractivity contribution in [3.63, 3.8) is 0 Å². The van der Waals surface area contributed by atoms with E-state index in [2.05, 4.69) is 10.3 Å². The Labute approximate surface area is 134 Å². The fourth-order valence-electron chi connectivity index (χ4n) is 2.88. The van der Waals surface area contributed by atoms with Crippen LogP contribution < -0.4 is 5.32 Å². The van der Waals surface area contributed by atoms with Gasteiger partial charge in [-0.25, -0.2) is 0 Å². The van der Waals surface area contributed by atoms with E-state index in [-0.39, 0.29) is 17.6 Å². The van der Waals surface area contributed by atoms with E-state index in [0.717, 1.165) is 41.6 Å². The van der Waals surface area contributed by atoms with Crippen LogP contribution in [0.2, 0.25) is 0 Å². The third-order valence-electron chi connectivity index (χ3n) is 4.11. The Bertz CT molecular complexity index is 792. The molecule has 1 amide bonds. The fraction of sp³-hybridized carbons (Fsp3) is 0.333. The van der Waals surface area contributed by atoms with Crippen LogP contribution in [0.5, 0.6) is 0 Å². The fourth-order valence-corrected chi connectivity index (χ4v) is 2.88. The maximum Gasteiger partial charge on any atom is 0.262 e. The molecule has 0 radical (unpaired) electrons. The summed E-state index contributed by atoms with van der Waals surface area (Å²) in [5, 5.41) is 13.1. The van der Waals surface area contributed by atoms with E-state index in [0.29, 0.717) is 6.54 Å². The van der Waals surface area contributed by atoms with Crippen molar-refractivity contribution in [2.24, 2.45) is 0 Å². The van der Waals surface area contributed by atoms with E-state index in [9.17, 15) is 10.1 Å². The molecule has 2 aromatic rings. The lowest BCUT2D eigenvalue weighted by atomic mass is 10.1. The summed E-state index contributed by atoms with van der Waals surface area (Å²) < 4.78 is 5.48. The molecule has 1 atom stereocenters. The smallest absolute Gasteiger partial charge is 0.262 e. The van der Waals surface area contributed by atoms with Gasteiger partial charge in [-0.2, -0.15) is 5.26 Å². The van der Waals surface area contributed by atoms with Crippen LogP contribution in [-0.4, -0.2) is 30.1 Å². The molecule has 0 aliphatic carbocycles. The van der Waals surface area contributed by atoms with Gasteiger partial charge in [0.15, 0.2) is 0 Å². The molecule has 1 aromatic heterocycles. The number of nitriles is 1. The van der Waals surface area contributed by atoms with Crippen LogP contribution >= 0.6 is 0 Å². The average molecular weight is 309 g/mol. The minimum Gasteiger partial charge on any atom is -0.376 e. The zero-order valence-corrected chi connectivity index (χ0v) is 13.1. The van der Waals surface area contributed by atoms with E-state index >= 15 is 0 Å². The second-order valence-electron chi connectivity index (χ2n) is 5.72. The largest absolute Gasteiger partial charge is 0.376 e. The number of H-pyrrole nitrogens is 1. The zero-order chi connectivity index (χ0) is 16.2. The van der Waals surface area contributed by atoms with Crippen LogP contribution in [0.15, 0.2) is 29.8 Å². The molecule has 1 aliphatic rings. The van der Waals surface area contributed by atoms with Crippen LogP contribution in [0, 0.1) is 18.3 Å². The van der Waals surface area contributed by atoms with Gasteiger partial charge in [0.1, 0.15) is 11.6 Å². The quantitative estimate of drug-likeness (QED) is 0.673. The van der Waals surface area contributed by atoms with Gasteiger partial charge in [-0.3, -0.25) is 4.79 Å². The van der Waals surface area contributed by atoms with Crippen molar-refractivity contribution in [2.45, 2.75) is 25.9 Å². The first kappa shape index (κ1) is 15.3. The van der Waals surface area contributed by atoms with Crippen LogP contribution in [0.1, 0.15) is 24.1 Å². The van der Waals surface area contributed by atoms with Gasteiger partial charge in [-0.05, 0) is 31.9 Å². The maximum absolute atomic E-state index is 12.2. The standard InChI is InChI=1S/C18H19N3O2/c1-12-16(15-6-2-3-7-17(15)21-12)9-13(10-19)18(22)20-11-14-5-4-8-23-14/h2-3,6-7,9,14,21H,4-5,8,11H2,1H3,(H,20,22)/b13-9+. The predicted octanol–water partition coefficient (Wildman–Crippen LogP) is 2.68. The summed E-state index contributed by atoms with van der Waals surface area (Å²) in [6.07, 6.45) is 3.69. The highest BCUT2D eigenvalue weighted by molar-refractivity contribution is 6.04. The van der Waals surface area contributed by atoms with E-state index in [1.807, 2.05) is 37.3 Å². The normalized spacial score (nSPS) is 18.1. The molecule has 1 fully saturated rings. The molecule has 1 unspecified atom stereocenters. The Kier molecular flexibility index (Phi) is 4.45. The maximum atomic E-state index is 12.2. The van der Waals surface area contributed by atoms with Crippen molar-refractivity contribution in [1.29, 1.82) is 5.26 Å². The van der Waals surface area contributed by atoms with Gasteiger partial charge in [-0.1, -0.05) is 18.2 Å². The van der Waals surface area contributed by atoms with Crippen LogP contribution in [-0.2, 0) is 9.53 Å². The summed E-state index contributed by atoms with van der Waals surface area (Å²) >= 11 is 0. The first-order valence-corrected chi connectivity index (χ1v) is 7.78. The number of carbonyl (C=O) groups excluding carboxylic acids is 1. The lowest BCUT2D eigenvalue weighted by Gasteiger charge is -2.10.